The van der Waals surface area contributed by atoms with Crippen LogP contribution >= 0.6 is 12.4 Å². The number of aliphatic hydroxyl groups is 1. The number of aliphatic hydroxyl groups excluding tert-OH is 1. The second kappa shape index (κ2) is 3.76. The van der Waals surface area contributed by atoms with Gasteiger partial charge in [-0.3, -0.25) is 4.90 Å². The van der Waals surface area contributed by atoms with Crippen molar-refractivity contribution in [3.05, 3.63) is 0 Å². The minimum Gasteiger partial charge on any atom is -0.393 e. The first-order valence-electron chi connectivity index (χ1n) is 4.68. The van der Waals surface area contributed by atoms with Gasteiger partial charge in [0.25, 0.3) is 0 Å². The Hall–Kier alpha value is 0.210. The standard InChI is InChI=1S/C10H21NO.ClH/c1-9(2)6-8(12)7-10(3,4)11(9)5;/h8,12H,6-7H2,1-5H3;1H. The highest BCUT2D eigenvalue weighted by molar-refractivity contribution is 5.85. The summed E-state index contributed by atoms with van der Waals surface area (Å²) < 4.78 is 0. The Labute approximate surface area is 87.7 Å². The third-order valence-corrected chi connectivity index (χ3v) is 3.29. The van der Waals surface area contributed by atoms with Crippen LogP contribution in [0.3, 0.4) is 0 Å². The second-order valence-electron chi connectivity index (χ2n) is 5.25. The molecule has 0 spiro atoms. The summed E-state index contributed by atoms with van der Waals surface area (Å²) in [7, 11) is 2.14. The molecule has 3 heteroatoms. The molecular weight excluding hydrogens is 186 g/mol. The zero-order chi connectivity index (χ0) is 9.57. The lowest BCUT2D eigenvalue weighted by Gasteiger charge is -2.52. The normalized spacial score (nSPS) is 28.2. The number of hydrogen-bond acceptors (Lipinski definition) is 2. The van der Waals surface area contributed by atoms with E-state index in [0.717, 1.165) is 12.8 Å². The molecule has 0 atom stereocenters. The first kappa shape index (κ1) is 13.2. The summed E-state index contributed by atoms with van der Waals surface area (Å²) in [6.45, 7) is 8.77. The Morgan fingerprint density at radius 1 is 1.08 bits per heavy atom. The van der Waals surface area contributed by atoms with Gasteiger partial charge in [0.2, 0.25) is 0 Å². The van der Waals surface area contributed by atoms with Gasteiger partial charge in [0.15, 0.2) is 0 Å². The van der Waals surface area contributed by atoms with E-state index in [1.54, 1.807) is 0 Å². The van der Waals surface area contributed by atoms with Gasteiger partial charge in [-0.15, -0.1) is 12.4 Å². The van der Waals surface area contributed by atoms with Gasteiger partial charge in [0.1, 0.15) is 0 Å². The first-order chi connectivity index (χ1) is 5.26. The Kier molecular flexibility index (Phi) is 3.82. The van der Waals surface area contributed by atoms with Crippen LogP contribution in [0.25, 0.3) is 0 Å². The van der Waals surface area contributed by atoms with Crippen molar-refractivity contribution in [3.8, 4) is 0 Å². The molecule has 0 bridgehead atoms. The first-order valence-corrected chi connectivity index (χ1v) is 4.68. The van der Waals surface area contributed by atoms with E-state index in [0.29, 0.717) is 0 Å². The van der Waals surface area contributed by atoms with E-state index in [-0.39, 0.29) is 29.6 Å². The fourth-order valence-corrected chi connectivity index (χ4v) is 2.32. The van der Waals surface area contributed by atoms with Gasteiger partial charge in [-0.2, -0.15) is 0 Å². The molecule has 0 saturated carbocycles. The summed E-state index contributed by atoms with van der Waals surface area (Å²) in [5.74, 6) is 0. The molecule has 1 heterocycles. The monoisotopic (exact) mass is 207 g/mol. The van der Waals surface area contributed by atoms with Crippen LogP contribution in [0.2, 0.25) is 0 Å². The molecule has 1 saturated heterocycles. The largest absolute Gasteiger partial charge is 0.393 e. The second-order valence-corrected chi connectivity index (χ2v) is 5.25. The number of likely N-dealkylation sites (tertiary alicyclic amines) is 1. The molecule has 0 amide bonds. The molecule has 0 unspecified atom stereocenters. The molecule has 1 aliphatic heterocycles. The maximum atomic E-state index is 9.67. The minimum absolute atomic E-state index is 0. The Balaban J connectivity index is 0.00000144. The summed E-state index contributed by atoms with van der Waals surface area (Å²) in [5, 5.41) is 9.67. The van der Waals surface area contributed by atoms with Gasteiger partial charge in [-0.1, -0.05) is 0 Å². The van der Waals surface area contributed by atoms with E-state index in [4.69, 9.17) is 0 Å². The number of piperidine rings is 1. The SMILES string of the molecule is CN1C(C)(C)CC(O)CC1(C)C.Cl. The van der Waals surface area contributed by atoms with Crippen LogP contribution in [-0.4, -0.2) is 34.2 Å². The molecule has 13 heavy (non-hydrogen) atoms. The number of rotatable bonds is 0. The summed E-state index contributed by atoms with van der Waals surface area (Å²) >= 11 is 0. The van der Waals surface area contributed by atoms with Gasteiger partial charge in [0.05, 0.1) is 6.10 Å². The molecule has 1 aliphatic rings. The molecular formula is C10H22ClNO. The average molecular weight is 208 g/mol. The Morgan fingerprint density at radius 2 is 1.38 bits per heavy atom. The highest BCUT2D eigenvalue weighted by atomic mass is 35.5. The van der Waals surface area contributed by atoms with Gasteiger partial charge in [-0.25, -0.2) is 0 Å². The summed E-state index contributed by atoms with van der Waals surface area (Å²) in [4.78, 5) is 2.37. The van der Waals surface area contributed by atoms with E-state index in [2.05, 4.69) is 39.6 Å². The van der Waals surface area contributed by atoms with E-state index in [9.17, 15) is 5.11 Å². The molecule has 2 nitrogen and oxygen atoms in total. The van der Waals surface area contributed by atoms with Gasteiger partial charge >= 0.3 is 0 Å². The van der Waals surface area contributed by atoms with Crippen molar-refractivity contribution in [2.24, 2.45) is 0 Å². The zero-order valence-corrected chi connectivity index (χ0v) is 10.1. The summed E-state index contributed by atoms with van der Waals surface area (Å²) in [5.41, 5.74) is 0.252. The molecule has 1 N–H and O–H groups in total. The highest BCUT2D eigenvalue weighted by Crippen LogP contribution is 2.36. The van der Waals surface area contributed by atoms with Crippen molar-refractivity contribution in [2.75, 3.05) is 7.05 Å². The molecule has 0 aromatic carbocycles. The molecule has 0 radical (unpaired) electrons. The fraction of sp³-hybridized carbons (Fsp3) is 1.00. The van der Waals surface area contributed by atoms with Crippen LogP contribution in [0.4, 0.5) is 0 Å². The highest BCUT2D eigenvalue weighted by Gasteiger charge is 2.42. The van der Waals surface area contributed by atoms with Gasteiger partial charge < -0.3 is 5.11 Å². The van der Waals surface area contributed by atoms with Crippen LogP contribution in [0.5, 0.6) is 0 Å². The van der Waals surface area contributed by atoms with Crippen LogP contribution in [-0.2, 0) is 0 Å². The predicted molar refractivity (Wildman–Crippen MR) is 58.4 cm³/mol. The van der Waals surface area contributed by atoms with E-state index < -0.39 is 0 Å². The van der Waals surface area contributed by atoms with Crippen LogP contribution in [0.1, 0.15) is 40.5 Å². The Morgan fingerprint density at radius 3 is 1.69 bits per heavy atom. The van der Waals surface area contributed by atoms with Crippen molar-refractivity contribution >= 4 is 12.4 Å². The topological polar surface area (TPSA) is 23.5 Å². The van der Waals surface area contributed by atoms with Gasteiger partial charge in [0, 0.05) is 11.1 Å². The number of hydrogen-bond donors (Lipinski definition) is 1. The van der Waals surface area contributed by atoms with Gasteiger partial charge in [-0.05, 0) is 47.6 Å². The molecule has 1 rings (SSSR count). The molecule has 80 valence electrons. The lowest BCUT2D eigenvalue weighted by Crippen LogP contribution is -2.59. The maximum Gasteiger partial charge on any atom is 0.0575 e. The third-order valence-electron chi connectivity index (χ3n) is 3.29. The van der Waals surface area contributed by atoms with E-state index in [1.807, 2.05) is 0 Å². The molecule has 0 aromatic rings. The fourth-order valence-electron chi connectivity index (χ4n) is 2.32. The summed E-state index contributed by atoms with van der Waals surface area (Å²) in [6, 6.07) is 0. The minimum atomic E-state index is -0.133. The van der Waals surface area contributed by atoms with Crippen LogP contribution in [0, 0.1) is 0 Å². The smallest absolute Gasteiger partial charge is 0.0575 e. The summed E-state index contributed by atoms with van der Waals surface area (Å²) in [6.07, 6.45) is 1.63. The predicted octanol–water partition coefficient (Wildman–Crippen LogP) is 2.05. The maximum absolute atomic E-state index is 9.67. The quantitative estimate of drug-likeness (QED) is 0.658. The van der Waals surface area contributed by atoms with Crippen LogP contribution < -0.4 is 0 Å². The van der Waals surface area contributed by atoms with Crippen molar-refractivity contribution in [1.29, 1.82) is 0 Å². The van der Waals surface area contributed by atoms with Crippen LogP contribution in [0.15, 0.2) is 0 Å². The van der Waals surface area contributed by atoms with E-state index >= 15 is 0 Å². The Bertz CT molecular complexity index is 162. The lowest BCUT2D eigenvalue weighted by molar-refractivity contribution is -0.0641. The zero-order valence-electron chi connectivity index (χ0n) is 9.29. The number of nitrogens with zero attached hydrogens (tertiary/aromatic N) is 1. The van der Waals surface area contributed by atoms with Crippen molar-refractivity contribution < 1.29 is 5.11 Å². The lowest BCUT2D eigenvalue weighted by atomic mass is 9.79. The van der Waals surface area contributed by atoms with E-state index in [1.165, 1.54) is 0 Å². The molecule has 0 aliphatic carbocycles. The van der Waals surface area contributed by atoms with Crippen molar-refractivity contribution in [3.63, 3.8) is 0 Å². The third kappa shape index (κ3) is 2.58. The average Bonchev–Trinajstić information content (AvgIpc) is 1.80. The van der Waals surface area contributed by atoms with Crippen molar-refractivity contribution in [2.45, 2.75) is 57.7 Å². The molecule has 1 fully saturated rings. The van der Waals surface area contributed by atoms with Crippen molar-refractivity contribution in [1.82, 2.24) is 4.90 Å². The molecule has 0 aromatic heterocycles. The number of halogens is 1.